The molecule has 2 unspecified atom stereocenters. The molecule has 3 heteroatoms. The van der Waals surface area contributed by atoms with E-state index in [9.17, 15) is 0 Å². The summed E-state index contributed by atoms with van der Waals surface area (Å²) in [6.07, 6.45) is 0.362. The molecule has 1 aliphatic heterocycles. The molecule has 0 spiro atoms. The Morgan fingerprint density at radius 3 is 2.67 bits per heavy atom. The Morgan fingerprint density at radius 1 is 1.33 bits per heavy atom. The Bertz CT molecular complexity index is 366. The topological polar surface area (TPSA) is 45.0 Å². The number of hydrogen-bond donors (Lipinski definition) is 1. The lowest BCUT2D eigenvalue weighted by atomic mass is 10.1. The number of nitrogens with zero attached hydrogens (tertiary/aromatic N) is 1. The molecule has 1 saturated heterocycles. The van der Waals surface area contributed by atoms with Crippen molar-refractivity contribution in [3.8, 4) is 6.07 Å². The smallest absolute Gasteiger partial charge is 0.0991 e. The fraction of sp³-hybridized carbons (Fsp3) is 0.417. The molecule has 1 aromatic rings. The number of benzene rings is 1. The van der Waals surface area contributed by atoms with Gasteiger partial charge in [0.1, 0.15) is 0 Å². The monoisotopic (exact) mass is 202 g/mol. The molecular weight excluding hydrogens is 188 g/mol. The number of morpholine rings is 1. The van der Waals surface area contributed by atoms with Crippen LogP contribution in [-0.4, -0.2) is 19.2 Å². The fourth-order valence-electron chi connectivity index (χ4n) is 1.76. The predicted molar refractivity (Wildman–Crippen MR) is 57.3 cm³/mol. The minimum absolute atomic E-state index is 0.112. The Morgan fingerprint density at radius 2 is 2.07 bits per heavy atom. The van der Waals surface area contributed by atoms with Gasteiger partial charge in [-0.3, -0.25) is 0 Å². The van der Waals surface area contributed by atoms with E-state index in [1.54, 1.807) is 0 Å². The summed E-state index contributed by atoms with van der Waals surface area (Å²) in [7, 11) is 0. The molecule has 0 radical (unpaired) electrons. The second-order valence-electron chi connectivity index (χ2n) is 3.83. The van der Waals surface area contributed by atoms with E-state index >= 15 is 0 Å². The van der Waals surface area contributed by atoms with Crippen molar-refractivity contribution in [3.63, 3.8) is 0 Å². The molecule has 0 amide bonds. The Kier molecular flexibility index (Phi) is 3.00. The fourth-order valence-corrected chi connectivity index (χ4v) is 1.76. The second kappa shape index (κ2) is 4.43. The molecule has 2 rings (SSSR count). The molecule has 1 heterocycles. The third-order valence-electron chi connectivity index (χ3n) is 2.57. The van der Waals surface area contributed by atoms with Crippen molar-refractivity contribution in [1.29, 1.82) is 5.26 Å². The summed E-state index contributed by atoms with van der Waals surface area (Å²) >= 11 is 0. The minimum atomic E-state index is 0.112. The van der Waals surface area contributed by atoms with Crippen LogP contribution in [0.1, 0.15) is 24.2 Å². The van der Waals surface area contributed by atoms with Crippen molar-refractivity contribution in [3.05, 3.63) is 35.4 Å². The number of hydrogen-bond acceptors (Lipinski definition) is 3. The lowest BCUT2D eigenvalue weighted by Crippen LogP contribution is -2.38. The lowest BCUT2D eigenvalue weighted by Gasteiger charge is -2.29. The third-order valence-corrected chi connectivity index (χ3v) is 2.57. The van der Waals surface area contributed by atoms with Crippen LogP contribution in [0.25, 0.3) is 0 Å². The van der Waals surface area contributed by atoms with Gasteiger partial charge in [-0.25, -0.2) is 0 Å². The highest BCUT2D eigenvalue weighted by molar-refractivity contribution is 5.32. The van der Waals surface area contributed by atoms with Gasteiger partial charge in [0.2, 0.25) is 0 Å². The van der Waals surface area contributed by atoms with E-state index in [2.05, 4.69) is 18.3 Å². The second-order valence-corrected chi connectivity index (χ2v) is 3.83. The zero-order chi connectivity index (χ0) is 10.7. The predicted octanol–water partition coefficient (Wildman–Crippen LogP) is 1.61. The summed E-state index contributed by atoms with van der Waals surface area (Å²) < 4.78 is 5.80. The molecule has 0 bridgehead atoms. The summed E-state index contributed by atoms with van der Waals surface area (Å²) in [5.41, 5.74) is 1.82. The molecule has 0 saturated carbocycles. The van der Waals surface area contributed by atoms with Gasteiger partial charge in [-0.2, -0.15) is 5.26 Å². The average Bonchev–Trinajstić information content (AvgIpc) is 2.29. The van der Waals surface area contributed by atoms with Crippen molar-refractivity contribution in [2.45, 2.75) is 19.1 Å². The quantitative estimate of drug-likeness (QED) is 0.752. The zero-order valence-electron chi connectivity index (χ0n) is 8.73. The number of rotatable bonds is 1. The van der Waals surface area contributed by atoms with Crippen LogP contribution in [0.2, 0.25) is 0 Å². The molecule has 1 fully saturated rings. The van der Waals surface area contributed by atoms with E-state index in [4.69, 9.17) is 10.00 Å². The van der Waals surface area contributed by atoms with E-state index in [0.29, 0.717) is 5.56 Å². The SMILES string of the molecule is CC1CNCC(c2ccc(C#N)cc2)O1. The third kappa shape index (κ3) is 2.35. The maximum absolute atomic E-state index is 8.69. The van der Waals surface area contributed by atoms with Gasteiger partial charge in [0.05, 0.1) is 23.8 Å². The number of nitrogens with one attached hydrogen (secondary N) is 1. The molecule has 1 N–H and O–H groups in total. The van der Waals surface area contributed by atoms with Gasteiger partial charge in [-0.15, -0.1) is 0 Å². The normalized spacial score (nSPS) is 25.9. The van der Waals surface area contributed by atoms with Gasteiger partial charge in [0, 0.05) is 13.1 Å². The minimum Gasteiger partial charge on any atom is -0.368 e. The first kappa shape index (κ1) is 10.2. The van der Waals surface area contributed by atoms with Crippen molar-refractivity contribution in [2.75, 3.05) is 13.1 Å². The molecule has 78 valence electrons. The molecule has 3 nitrogen and oxygen atoms in total. The Labute approximate surface area is 89.7 Å². The van der Waals surface area contributed by atoms with Crippen LogP contribution in [0.3, 0.4) is 0 Å². The summed E-state index contributed by atoms with van der Waals surface area (Å²) in [6, 6.07) is 9.69. The summed E-state index contributed by atoms with van der Waals surface area (Å²) in [5, 5.41) is 12.0. The van der Waals surface area contributed by atoms with Crippen molar-refractivity contribution in [1.82, 2.24) is 5.32 Å². The molecule has 15 heavy (non-hydrogen) atoms. The van der Waals surface area contributed by atoms with E-state index in [-0.39, 0.29) is 12.2 Å². The van der Waals surface area contributed by atoms with Crippen LogP contribution in [0, 0.1) is 11.3 Å². The van der Waals surface area contributed by atoms with Gasteiger partial charge < -0.3 is 10.1 Å². The largest absolute Gasteiger partial charge is 0.368 e. The van der Waals surface area contributed by atoms with Gasteiger partial charge in [-0.1, -0.05) is 12.1 Å². The Balaban J connectivity index is 2.12. The van der Waals surface area contributed by atoms with Gasteiger partial charge in [0.25, 0.3) is 0 Å². The Hall–Kier alpha value is -1.37. The molecule has 0 aromatic heterocycles. The highest BCUT2D eigenvalue weighted by Gasteiger charge is 2.19. The maximum atomic E-state index is 8.69. The highest BCUT2D eigenvalue weighted by Crippen LogP contribution is 2.21. The highest BCUT2D eigenvalue weighted by atomic mass is 16.5. The summed E-state index contributed by atoms with van der Waals surface area (Å²) in [4.78, 5) is 0. The average molecular weight is 202 g/mol. The first-order valence-electron chi connectivity index (χ1n) is 5.16. The molecule has 0 aliphatic carbocycles. The van der Waals surface area contributed by atoms with E-state index < -0.39 is 0 Å². The first-order chi connectivity index (χ1) is 7.29. The van der Waals surface area contributed by atoms with Crippen LogP contribution in [0.4, 0.5) is 0 Å². The molecule has 2 atom stereocenters. The van der Waals surface area contributed by atoms with Gasteiger partial charge in [-0.05, 0) is 24.6 Å². The van der Waals surface area contributed by atoms with Crippen LogP contribution >= 0.6 is 0 Å². The van der Waals surface area contributed by atoms with E-state index in [1.807, 2.05) is 24.3 Å². The summed E-state index contributed by atoms with van der Waals surface area (Å²) in [5.74, 6) is 0. The first-order valence-corrected chi connectivity index (χ1v) is 5.16. The number of nitriles is 1. The number of ether oxygens (including phenoxy) is 1. The van der Waals surface area contributed by atoms with E-state index in [0.717, 1.165) is 18.7 Å². The van der Waals surface area contributed by atoms with E-state index in [1.165, 1.54) is 0 Å². The van der Waals surface area contributed by atoms with Crippen LogP contribution in [-0.2, 0) is 4.74 Å². The van der Waals surface area contributed by atoms with Crippen molar-refractivity contribution in [2.24, 2.45) is 0 Å². The van der Waals surface area contributed by atoms with Crippen LogP contribution in [0.15, 0.2) is 24.3 Å². The molecular formula is C12H14N2O. The molecule has 1 aromatic carbocycles. The van der Waals surface area contributed by atoms with Crippen molar-refractivity contribution < 1.29 is 4.74 Å². The standard InChI is InChI=1S/C12H14N2O/c1-9-7-14-8-12(15-9)11-4-2-10(6-13)3-5-11/h2-5,9,12,14H,7-8H2,1H3. The zero-order valence-corrected chi connectivity index (χ0v) is 8.73. The van der Waals surface area contributed by atoms with Crippen LogP contribution in [0.5, 0.6) is 0 Å². The molecule has 1 aliphatic rings. The maximum Gasteiger partial charge on any atom is 0.0991 e. The van der Waals surface area contributed by atoms with Gasteiger partial charge in [0.15, 0.2) is 0 Å². The van der Waals surface area contributed by atoms with Crippen LogP contribution < -0.4 is 5.32 Å². The van der Waals surface area contributed by atoms with Crippen molar-refractivity contribution >= 4 is 0 Å². The lowest BCUT2D eigenvalue weighted by molar-refractivity contribution is -0.0287. The van der Waals surface area contributed by atoms with Gasteiger partial charge >= 0.3 is 0 Å². The summed E-state index contributed by atoms with van der Waals surface area (Å²) in [6.45, 7) is 3.81.